The molecule has 0 fully saturated rings. The molecule has 0 aromatic heterocycles. The summed E-state index contributed by atoms with van der Waals surface area (Å²) >= 11 is 0. The second kappa shape index (κ2) is 7.24. The highest BCUT2D eigenvalue weighted by Gasteiger charge is 2.10. The number of likely N-dealkylation sites (N-methyl/N-ethyl adjacent to an activating group) is 1. The zero-order valence-corrected chi connectivity index (χ0v) is 11.5. The summed E-state index contributed by atoms with van der Waals surface area (Å²) in [6.07, 6.45) is 0. The Morgan fingerprint density at radius 3 is 2.50 bits per heavy atom. The smallest absolute Gasteiger partial charge is 0.120 e. The van der Waals surface area contributed by atoms with Gasteiger partial charge in [0.05, 0.1) is 0 Å². The third kappa shape index (κ3) is 4.20. The lowest BCUT2D eigenvalue weighted by molar-refractivity contribution is 0.297. The Morgan fingerprint density at radius 2 is 1.89 bits per heavy atom. The van der Waals surface area contributed by atoms with Crippen molar-refractivity contribution in [2.45, 2.75) is 26.8 Å². The molecule has 102 valence electrons. The molecule has 0 heterocycles. The second-order valence-corrected chi connectivity index (χ2v) is 4.45. The lowest BCUT2D eigenvalue weighted by atomic mass is 10.1. The van der Waals surface area contributed by atoms with Crippen molar-refractivity contribution in [3.8, 4) is 11.5 Å². The van der Waals surface area contributed by atoms with E-state index in [9.17, 15) is 10.2 Å². The zero-order valence-electron chi connectivity index (χ0n) is 11.5. The van der Waals surface area contributed by atoms with Crippen molar-refractivity contribution in [1.82, 2.24) is 10.2 Å². The molecule has 1 atom stereocenters. The molecule has 0 aliphatic rings. The Balaban J connectivity index is 2.50. The molecule has 1 aromatic carbocycles. The molecule has 0 aliphatic heterocycles. The molecule has 0 spiro atoms. The molecule has 0 aliphatic carbocycles. The van der Waals surface area contributed by atoms with Crippen molar-refractivity contribution in [2.24, 2.45) is 0 Å². The number of hydrogen-bond donors (Lipinski definition) is 3. The van der Waals surface area contributed by atoms with Gasteiger partial charge in [-0.1, -0.05) is 13.8 Å². The van der Waals surface area contributed by atoms with Crippen LogP contribution >= 0.6 is 0 Å². The summed E-state index contributed by atoms with van der Waals surface area (Å²) in [4.78, 5) is 2.34. The maximum atomic E-state index is 9.74. The van der Waals surface area contributed by atoms with E-state index in [-0.39, 0.29) is 17.5 Å². The lowest BCUT2D eigenvalue weighted by Crippen LogP contribution is -2.33. The van der Waals surface area contributed by atoms with Crippen LogP contribution in [0.4, 0.5) is 0 Å². The standard InChI is InChI=1S/C14H24N2O2/c1-4-16(5-2)9-8-15-11(3)13-10-12(17)6-7-14(13)18/h6-7,10-11,15,17-18H,4-5,8-9H2,1-3H3. The van der Waals surface area contributed by atoms with Crippen molar-refractivity contribution >= 4 is 0 Å². The van der Waals surface area contributed by atoms with E-state index in [0.29, 0.717) is 0 Å². The van der Waals surface area contributed by atoms with Crippen LogP contribution in [0.5, 0.6) is 11.5 Å². The first-order chi connectivity index (χ1) is 8.58. The fourth-order valence-electron chi connectivity index (χ4n) is 1.98. The largest absolute Gasteiger partial charge is 0.508 e. The summed E-state index contributed by atoms with van der Waals surface area (Å²) in [6, 6.07) is 4.63. The Bertz CT molecular complexity index is 365. The molecule has 3 N–H and O–H groups in total. The first-order valence-corrected chi connectivity index (χ1v) is 6.56. The van der Waals surface area contributed by atoms with Gasteiger partial charge in [0, 0.05) is 24.7 Å². The summed E-state index contributed by atoms with van der Waals surface area (Å²) < 4.78 is 0. The number of phenolic OH excluding ortho intramolecular Hbond substituents is 2. The van der Waals surface area contributed by atoms with Gasteiger partial charge in [0.15, 0.2) is 0 Å². The molecular weight excluding hydrogens is 228 g/mol. The maximum absolute atomic E-state index is 9.74. The van der Waals surface area contributed by atoms with Crippen LogP contribution in [0.25, 0.3) is 0 Å². The number of hydrogen-bond acceptors (Lipinski definition) is 4. The molecule has 0 amide bonds. The topological polar surface area (TPSA) is 55.7 Å². The molecule has 4 heteroatoms. The number of aromatic hydroxyl groups is 2. The quantitative estimate of drug-likeness (QED) is 0.650. The molecule has 4 nitrogen and oxygen atoms in total. The zero-order chi connectivity index (χ0) is 13.5. The molecule has 0 radical (unpaired) electrons. The normalized spacial score (nSPS) is 12.9. The lowest BCUT2D eigenvalue weighted by Gasteiger charge is -2.21. The molecule has 1 rings (SSSR count). The van der Waals surface area contributed by atoms with E-state index in [4.69, 9.17) is 0 Å². The molecule has 1 unspecified atom stereocenters. The van der Waals surface area contributed by atoms with E-state index in [2.05, 4.69) is 24.1 Å². The van der Waals surface area contributed by atoms with Crippen LogP contribution in [0, 0.1) is 0 Å². The van der Waals surface area contributed by atoms with Gasteiger partial charge in [-0.05, 0) is 38.2 Å². The summed E-state index contributed by atoms with van der Waals surface area (Å²) in [6.45, 7) is 10.2. The van der Waals surface area contributed by atoms with E-state index >= 15 is 0 Å². The molecule has 0 saturated carbocycles. The fraction of sp³-hybridized carbons (Fsp3) is 0.571. The highest BCUT2D eigenvalue weighted by Crippen LogP contribution is 2.27. The second-order valence-electron chi connectivity index (χ2n) is 4.45. The minimum atomic E-state index is 0.0210. The minimum Gasteiger partial charge on any atom is -0.508 e. The van der Waals surface area contributed by atoms with Crippen LogP contribution < -0.4 is 5.32 Å². The van der Waals surface area contributed by atoms with Crippen molar-refractivity contribution in [3.63, 3.8) is 0 Å². The van der Waals surface area contributed by atoms with Crippen LogP contribution in [-0.2, 0) is 0 Å². The highest BCUT2D eigenvalue weighted by atomic mass is 16.3. The average molecular weight is 252 g/mol. The Labute approximate surface area is 109 Å². The fourth-order valence-corrected chi connectivity index (χ4v) is 1.98. The van der Waals surface area contributed by atoms with Crippen LogP contribution in [-0.4, -0.2) is 41.3 Å². The van der Waals surface area contributed by atoms with Gasteiger partial charge in [-0.25, -0.2) is 0 Å². The maximum Gasteiger partial charge on any atom is 0.120 e. The Morgan fingerprint density at radius 1 is 1.22 bits per heavy atom. The third-order valence-corrected chi connectivity index (χ3v) is 3.25. The van der Waals surface area contributed by atoms with Gasteiger partial charge in [-0.3, -0.25) is 0 Å². The van der Waals surface area contributed by atoms with Crippen molar-refractivity contribution < 1.29 is 10.2 Å². The number of nitrogens with zero attached hydrogens (tertiary/aromatic N) is 1. The van der Waals surface area contributed by atoms with Crippen LogP contribution in [0.2, 0.25) is 0 Å². The number of rotatable bonds is 7. The Kier molecular flexibility index (Phi) is 5.95. The van der Waals surface area contributed by atoms with E-state index in [0.717, 1.165) is 31.7 Å². The molecule has 0 saturated heterocycles. The van der Waals surface area contributed by atoms with E-state index in [1.807, 2.05) is 6.92 Å². The van der Waals surface area contributed by atoms with Gasteiger partial charge >= 0.3 is 0 Å². The van der Waals surface area contributed by atoms with Gasteiger partial charge in [0.2, 0.25) is 0 Å². The van der Waals surface area contributed by atoms with Gasteiger partial charge in [0.1, 0.15) is 11.5 Å². The summed E-state index contributed by atoms with van der Waals surface area (Å²) in [5.41, 5.74) is 0.731. The van der Waals surface area contributed by atoms with Crippen LogP contribution in [0.15, 0.2) is 18.2 Å². The Hall–Kier alpha value is -1.26. The molecular formula is C14H24N2O2. The van der Waals surface area contributed by atoms with E-state index in [1.165, 1.54) is 12.1 Å². The summed E-state index contributed by atoms with van der Waals surface area (Å²) in [5, 5.41) is 22.5. The van der Waals surface area contributed by atoms with Crippen molar-refractivity contribution in [2.75, 3.05) is 26.2 Å². The number of nitrogens with one attached hydrogen (secondary N) is 1. The van der Waals surface area contributed by atoms with Gasteiger partial charge in [0.25, 0.3) is 0 Å². The van der Waals surface area contributed by atoms with Crippen LogP contribution in [0.1, 0.15) is 32.4 Å². The first kappa shape index (κ1) is 14.8. The third-order valence-electron chi connectivity index (χ3n) is 3.25. The number of phenols is 2. The SMILES string of the molecule is CCN(CC)CCNC(C)c1cc(O)ccc1O. The predicted octanol–water partition coefficient (Wildman–Crippen LogP) is 2.09. The molecule has 0 bridgehead atoms. The van der Waals surface area contributed by atoms with E-state index in [1.54, 1.807) is 6.07 Å². The van der Waals surface area contributed by atoms with E-state index < -0.39 is 0 Å². The van der Waals surface area contributed by atoms with Gasteiger partial charge < -0.3 is 20.4 Å². The average Bonchev–Trinajstić information content (AvgIpc) is 2.37. The minimum absolute atomic E-state index is 0.0210. The first-order valence-electron chi connectivity index (χ1n) is 6.56. The molecule has 1 aromatic rings. The van der Waals surface area contributed by atoms with Crippen molar-refractivity contribution in [1.29, 1.82) is 0 Å². The van der Waals surface area contributed by atoms with Crippen LogP contribution in [0.3, 0.4) is 0 Å². The van der Waals surface area contributed by atoms with Gasteiger partial charge in [-0.2, -0.15) is 0 Å². The highest BCUT2D eigenvalue weighted by molar-refractivity contribution is 5.40. The monoisotopic (exact) mass is 252 g/mol. The summed E-state index contributed by atoms with van der Waals surface area (Å²) in [7, 11) is 0. The summed E-state index contributed by atoms with van der Waals surface area (Å²) in [5.74, 6) is 0.399. The number of benzene rings is 1. The molecule has 18 heavy (non-hydrogen) atoms. The predicted molar refractivity (Wildman–Crippen MR) is 74.0 cm³/mol. The van der Waals surface area contributed by atoms with Crippen molar-refractivity contribution in [3.05, 3.63) is 23.8 Å². The van der Waals surface area contributed by atoms with Gasteiger partial charge in [-0.15, -0.1) is 0 Å².